The van der Waals surface area contributed by atoms with Crippen LogP contribution in [0.2, 0.25) is 0 Å². The molecule has 3 aromatic rings. The number of allylic oxidation sites excluding steroid dienone is 1. The highest BCUT2D eigenvalue weighted by molar-refractivity contribution is 6.08. The minimum atomic E-state index is -0.364. The zero-order chi connectivity index (χ0) is 21.2. The Labute approximate surface area is 181 Å². The van der Waals surface area contributed by atoms with E-state index in [2.05, 4.69) is 47.5 Å². The Morgan fingerprint density at radius 2 is 1.61 bits per heavy atom. The molecular weight excluding hydrogens is 386 g/mol. The lowest BCUT2D eigenvalue weighted by Gasteiger charge is -2.30. The molecule has 1 saturated carbocycles. The zero-order valence-electron chi connectivity index (χ0n) is 17.1. The number of nitro groups is 1. The van der Waals surface area contributed by atoms with Gasteiger partial charge in [0, 0.05) is 18.1 Å². The highest BCUT2D eigenvalue weighted by Crippen LogP contribution is 2.46. The first-order chi connectivity index (χ1) is 15.2. The van der Waals surface area contributed by atoms with E-state index in [0.29, 0.717) is 5.92 Å². The molecule has 31 heavy (non-hydrogen) atoms. The third-order valence-electron chi connectivity index (χ3n) is 6.11. The van der Waals surface area contributed by atoms with Crippen molar-refractivity contribution in [1.82, 2.24) is 0 Å². The van der Waals surface area contributed by atoms with Crippen LogP contribution in [0.25, 0.3) is 6.08 Å². The van der Waals surface area contributed by atoms with Gasteiger partial charge in [-0.05, 0) is 66.3 Å². The number of benzene rings is 3. The molecule has 0 spiro atoms. The summed E-state index contributed by atoms with van der Waals surface area (Å²) < 4.78 is 0. The predicted octanol–water partition coefficient (Wildman–Crippen LogP) is 6.40. The molecule has 0 bridgehead atoms. The van der Waals surface area contributed by atoms with E-state index >= 15 is 0 Å². The van der Waals surface area contributed by atoms with Crippen molar-refractivity contribution in [2.24, 2.45) is 11.0 Å². The van der Waals surface area contributed by atoms with Crippen LogP contribution < -0.4 is 5.01 Å². The monoisotopic (exact) mass is 409 g/mol. The van der Waals surface area contributed by atoms with Gasteiger partial charge >= 0.3 is 0 Å². The van der Waals surface area contributed by atoms with Crippen molar-refractivity contribution in [3.05, 3.63) is 112 Å². The summed E-state index contributed by atoms with van der Waals surface area (Å²) in [6.45, 7) is 0. The van der Waals surface area contributed by atoms with E-state index in [9.17, 15) is 10.1 Å². The molecule has 0 aromatic heterocycles. The van der Waals surface area contributed by atoms with Crippen molar-refractivity contribution in [2.75, 3.05) is 5.01 Å². The molecule has 0 radical (unpaired) electrons. The molecule has 5 heteroatoms. The molecule has 154 valence electrons. The normalized spacial score (nSPS) is 21.6. The first-order valence-electron chi connectivity index (χ1n) is 10.6. The Kier molecular flexibility index (Phi) is 5.08. The second kappa shape index (κ2) is 8.19. The van der Waals surface area contributed by atoms with Crippen LogP contribution in [0.15, 0.2) is 95.6 Å². The van der Waals surface area contributed by atoms with Crippen molar-refractivity contribution in [3.63, 3.8) is 0 Å². The molecule has 1 fully saturated rings. The van der Waals surface area contributed by atoms with E-state index in [-0.39, 0.29) is 16.7 Å². The van der Waals surface area contributed by atoms with Gasteiger partial charge in [-0.15, -0.1) is 0 Å². The van der Waals surface area contributed by atoms with Crippen LogP contribution in [0.4, 0.5) is 11.4 Å². The summed E-state index contributed by atoms with van der Waals surface area (Å²) in [5, 5.41) is 18.3. The first kappa shape index (κ1) is 19.2. The van der Waals surface area contributed by atoms with Crippen molar-refractivity contribution in [1.29, 1.82) is 0 Å². The van der Waals surface area contributed by atoms with Crippen molar-refractivity contribution >= 4 is 23.2 Å². The fourth-order valence-electron chi connectivity index (χ4n) is 4.67. The van der Waals surface area contributed by atoms with Gasteiger partial charge in [0.05, 0.1) is 22.4 Å². The highest BCUT2D eigenvalue weighted by Gasteiger charge is 2.41. The van der Waals surface area contributed by atoms with E-state index < -0.39 is 0 Å². The SMILES string of the molecule is O=[N+]([O-])c1ccc(/C=C2/CCC[C@@H]3C2=NN(c2ccccc2)[C@H]3c2ccccc2)cc1. The lowest BCUT2D eigenvalue weighted by molar-refractivity contribution is -0.384. The van der Waals surface area contributed by atoms with E-state index in [4.69, 9.17) is 5.10 Å². The van der Waals surface area contributed by atoms with Gasteiger partial charge in [0.1, 0.15) is 0 Å². The summed E-state index contributed by atoms with van der Waals surface area (Å²) in [7, 11) is 0. The molecule has 2 aliphatic rings. The number of hydrazone groups is 1. The average molecular weight is 409 g/mol. The van der Waals surface area contributed by atoms with Crippen LogP contribution in [0.3, 0.4) is 0 Å². The number of anilines is 1. The summed E-state index contributed by atoms with van der Waals surface area (Å²) in [4.78, 5) is 10.6. The number of non-ortho nitro benzene ring substituents is 1. The van der Waals surface area contributed by atoms with Crippen molar-refractivity contribution in [3.8, 4) is 0 Å². The van der Waals surface area contributed by atoms with Gasteiger partial charge in [-0.1, -0.05) is 48.5 Å². The molecule has 1 aliphatic carbocycles. The molecule has 5 nitrogen and oxygen atoms in total. The highest BCUT2D eigenvalue weighted by atomic mass is 16.6. The van der Waals surface area contributed by atoms with Gasteiger partial charge in [0.2, 0.25) is 0 Å². The molecule has 1 aliphatic heterocycles. The Bertz CT molecular complexity index is 1140. The van der Waals surface area contributed by atoms with Crippen LogP contribution >= 0.6 is 0 Å². The second-order valence-corrected chi connectivity index (χ2v) is 8.04. The standard InChI is InChI=1S/C26H23N3O2/c30-29(31)23-16-14-19(15-17-23)18-21-10-7-13-24-25(21)27-28(22-11-5-2-6-12-22)26(24)20-8-3-1-4-9-20/h1-6,8-9,11-12,14-18,24,26H,7,10,13H2/b21-18-/t24-,26+/m1/s1. The zero-order valence-corrected chi connectivity index (χ0v) is 17.1. The van der Waals surface area contributed by atoms with E-state index in [1.807, 2.05) is 36.4 Å². The van der Waals surface area contributed by atoms with Gasteiger partial charge in [-0.25, -0.2) is 0 Å². The fourth-order valence-corrected chi connectivity index (χ4v) is 4.67. The second-order valence-electron chi connectivity index (χ2n) is 8.04. The smallest absolute Gasteiger partial charge is 0.258 e. The number of nitrogens with zero attached hydrogens (tertiary/aromatic N) is 3. The van der Waals surface area contributed by atoms with Crippen molar-refractivity contribution < 1.29 is 4.92 Å². The Hall–Kier alpha value is -3.73. The molecule has 5 rings (SSSR count). The van der Waals surface area contributed by atoms with E-state index in [1.165, 1.54) is 11.1 Å². The molecule has 0 amide bonds. The Morgan fingerprint density at radius 1 is 0.935 bits per heavy atom. The third kappa shape index (κ3) is 3.75. The quantitative estimate of drug-likeness (QED) is 0.370. The number of nitro benzene ring substituents is 1. The summed E-state index contributed by atoms with van der Waals surface area (Å²) in [6.07, 6.45) is 5.31. The number of rotatable bonds is 4. The number of fused-ring (bicyclic) bond motifs is 1. The maximum Gasteiger partial charge on any atom is 0.269 e. The number of para-hydroxylation sites is 1. The lowest BCUT2D eigenvalue weighted by Crippen LogP contribution is -2.28. The summed E-state index contributed by atoms with van der Waals surface area (Å²) in [6, 6.07) is 27.9. The first-order valence-corrected chi connectivity index (χ1v) is 10.6. The van der Waals surface area contributed by atoms with E-state index in [0.717, 1.165) is 36.2 Å². The Morgan fingerprint density at radius 3 is 2.29 bits per heavy atom. The topological polar surface area (TPSA) is 58.7 Å². The Balaban J connectivity index is 1.55. The maximum absolute atomic E-state index is 11.0. The summed E-state index contributed by atoms with van der Waals surface area (Å²) in [5.74, 6) is 0.320. The van der Waals surface area contributed by atoms with Crippen LogP contribution in [-0.2, 0) is 0 Å². The summed E-state index contributed by atoms with van der Waals surface area (Å²) >= 11 is 0. The lowest BCUT2D eigenvalue weighted by atomic mass is 9.77. The minimum absolute atomic E-state index is 0.112. The molecule has 0 unspecified atom stereocenters. The summed E-state index contributed by atoms with van der Waals surface area (Å²) in [5.41, 5.74) is 5.81. The van der Waals surface area contributed by atoms with E-state index in [1.54, 1.807) is 12.1 Å². The van der Waals surface area contributed by atoms with Crippen LogP contribution in [0.1, 0.15) is 36.4 Å². The van der Waals surface area contributed by atoms with Gasteiger partial charge in [0.15, 0.2) is 0 Å². The van der Waals surface area contributed by atoms with Gasteiger partial charge < -0.3 is 0 Å². The molecule has 0 saturated heterocycles. The van der Waals surface area contributed by atoms with Crippen LogP contribution in [0, 0.1) is 16.0 Å². The number of hydrogen-bond acceptors (Lipinski definition) is 4. The van der Waals surface area contributed by atoms with Crippen LogP contribution in [-0.4, -0.2) is 10.6 Å². The predicted molar refractivity (Wildman–Crippen MR) is 124 cm³/mol. The number of hydrogen-bond donors (Lipinski definition) is 0. The van der Waals surface area contributed by atoms with Crippen molar-refractivity contribution in [2.45, 2.75) is 25.3 Å². The molecular formula is C26H23N3O2. The minimum Gasteiger partial charge on any atom is -0.258 e. The fraction of sp³-hybridized carbons (Fsp3) is 0.192. The molecule has 3 aromatic carbocycles. The third-order valence-corrected chi connectivity index (χ3v) is 6.11. The van der Waals surface area contributed by atoms with Gasteiger partial charge in [-0.2, -0.15) is 5.10 Å². The van der Waals surface area contributed by atoms with Gasteiger partial charge in [-0.3, -0.25) is 15.1 Å². The maximum atomic E-state index is 11.0. The largest absolute Gasteiger partial charge is 0.269 e. The van der Waals surface area contributed by atoms with Gasteiger partial charge in [0.25, 0.3) is 5.69 Å². The van der Waals surface area contributed by atoms with Crippen LogP contribution in [0.5, 0.6) is 0 Å². The molecule has 1 heterocycles. The average Bonchev–Trinajstić information content (AvgIpc) is 3.21. The molecule has 0 N–H and O–H groups in total. The molecule has 2 atom stereocenters.